The van der Waals surface area contributed by atoms with E-state index >= 15 is 0 Å². The Morgan fingerprint density at radius 2 is 1.44 bits per heavy atom. The third-order valence-corrected chi connectivity index (χ3v) is 6.78. The molecule has 6 atom stereocenters. The molecule has 4 N–H and O–H groups in total. The molecular weight excluding hydrogens is 440 g/mol. The Balaban J connectivity index is 3.45. The summed E-state index contributed by atoms with van der Waals surface area (Å²) in [5, 5.41) is 45.8. The van der Waals surface area contributed by atoms with E-state index in [2.05, 4.69) is 6.92 Å². The van der Waals surface area contributed by atoms with Gasteiger partial charge in [-0.25, -0.2) is 0 Å². The Bertz CT molecular complexity index is 663. The van der Waals surface area contributed by atoms with Crippen LogP contribution < -0.4 is 0 Å². The van der Waals surface area contributed by atoms with Crippen molar-refractivity contribution in [2.24, 2.45) is 11.8 Å². The maximum absolute atomic E-state index is 13.0. The van der Waals surface area contributed by atoms with E-state index in [4.69, 9.17) is 9.47 Å². The summed E-state index contributed by atoms with van der Waals surface area (Å²) >= 11 is 0. The van der Waals surface area contributed by atoms with E-state index in [0.29, 0.717) is 6.42 Å². The number of ether oxygens (including phenoxy) is 2. The Morgan fingerprint density at radius 3 is 1.91 bits per heavy atom. The van der Waals surface area contributed by atoms with Crippen LogP contribution in [0.5, 0.6) is 0 Å². The van der Waals surface area contributed by atoms with Gasteiger partial charge in [-0.1, -0.05) is 66.7 Å². The second-order valence-electron chi connectivity index (χ2n) is 10.9. The monoisotopic (exact) mass is 488 g/mol. The lowest BCUT2D eigenvalue weighted by atomic mass is 9.58. The predicted molar refractivity (Wildman–Crippen MR) is 129 cm³/mol. The maximum Gasteiger partial charge on any atom is 0.205 e. The molecule has 0 spiro atoms. The van der Waals surface area contributed by atoms with E-state index < -0.39 is 46.9 Å². The van der Waals surface area contributed by atoms with Gasteiger partial charge in [-0.15, -0.1) is 0 Å². The summed E-state index contributed by atoms with van der Waals surface area (Å²) in [6, 6.07) is 0. The van der Waals surface area contributed by atoms with Crippen LogP contribution in [0.4, 0.5) is 0 Å². The van der Waals surface area contributed by atoms with E-state index in [0.717, 1.165) is 39.0 Å². The Labute approximate surface area is 205 Å². The van der Waals surface area contributed by atoms with E-state index in [1.165, 1.54) is 6.92 Å². The molecule has 1 saturated heterocycles. The van der Waals surface area contributed by atoms with E-state index in [9.17, 15) is 30.0 Å². The molecule has 0 saturated carbocycles. The van der Waals surface area contributed by atoms with Crippen molar-refractivity contribution in [3.05, 3.63) is 0 Å². The summed E-state index contributed by atoms with van der Waals surface area (Å²) in [6.45, 7) is 11.8. The van der Waals surface area contributed by atoms with E-state index in [1.54, 1.807) is 27.7 Å². The lowest BCUT2D eigenvalue weighted by Crippen LogP contribution is -2.83. The Morgan fingerprint density at radius 1 is 0.912 bits per heavy atom. The third-order valence-electron chi connectivity index (χ3n) is 6.78. The highest BCUT2D eigenvalue weighted by atomic mass is 16.7. The first-order valence-corrected chi connectivity index (χ1v) is 12.9. The van der Waals surface area contributed by atoms with Crippen molar-refractivity contribution in [2.75, 3.05) is 6.61 Å². The van der Waals surface area contributed by atoms with Gasteiger partial charge in [0.05, 0.1) is 0 Å². The summed E-state index contributed by atoms with van der Waals surface area (Å²) in [7, 11) is 0. The van der Waals surface area contributed by atoms with Gasteiger partial charge in [0, 0.05) is 6.61 Å². The number of carbonyl (C=O) groups is 2. The number of ketones is 2. The maximum atomic E-state index is 13.0. The molecule has 8 heteroatoms. The number of rotatable bonds is 15. The van der Waals surface area contributed by atoms with Crippen LogP contribution >= 0.6 is 0 Å². The summed E-state index contributed by atoms with van der Waals surface area (Å²) in [5.41, 5.74) is -7.40. The number of aliphatic hydroxyl groups is 4. The fourth-order valence-electron chi connectivity index (χ4n) is 5.11. The van der Waals surface area contributed by atoms with E-state index in [-0.39, 0.29) is 31.3 Å². The molecule has 1 fully saturated rings. The van der Waals surface area contributed by atoms with Crippen LogP contribution in [0.3, 0.4) is 0 Å². The molecule has 0 radical (unpaired) electrons. The van der Waals surface area contributed by atoms with Gasteiger partial charge in [-0.05, 0) is 44.9 Å². The molecule has 0 bridgehead atoms. The third kappa shape index (κ3) is 6.45. The molecule has 0 aliphatic carbocycles. The first-order chi connectivity index (χ1) is 15.7. The molecule has 1 heterocycles. The summed E-state index contributed by atoms with van der Waals surface area (Å²) in [5.74, 6) is -2.15. The van der Waals surface area contributed by atoms with Crippen molar-refractivity contribution in [1.29, 1.82) is 0 Å². The number of Topliss-reactive ketones (excluding diaryl/α,β-unsaturated/α-hetero) is 2. The molecule has 8 nitrogen and oxygen atoms in total. The average Bonchev–Trinajstić information content (AvgIpc) is 2.71. The van der Waals surface area contributed by atoms with Crippen LogP contribution in [0.25, 0.3) is 0 Å². The van der Waals surface area contributed by atoms with Crippen molar-refractivity contribution in [3.8, 4) is 0 Å². The molecule has 0 aromatic rings. The predicted octanol–water partition coefficient (Wildman–Crippen LogP) is 2.91. The second-order valence-corrected chi connectivity index (χ2v) is 10.9. The van der Waals surface area contributed by atoms with Gasteiger partial charge in [0.1, 0.15) is 17.3 Å². The van der Waals surface area contributed by atoms with Gasteiger partial charge >= 0.3 is 0 Å². The highest BCUT2D eigenvalue weighted by Crippen LogP contribution is 2.51. The van der Waals surface area contributed by atoms with Crippen LogP contribution in [0.2, 0.25) is 0 Å². The van der Waals surface area contributed by atoms with Crippen LogP contribution in [0.15, 0.2) is 0 Å². The van der Waals surface area contributed by atoms with Gasteiger partial charge < -0.3 is 29.9 Å². The zero-order valence-corrected chi connectivity index (χ0v) is 22.2. The SMILES string of the molecule is CCCCCCCCOC1O[C@H](C(=O)C(C)O)[C@](O)(CC(C)C)[C@@](O)(CC(C)C)[C@]1(O)C(C)=O. The molecule has 0 aromatic heterocycles. The molecule has 34 heavy (non-hydrogen) atoms. The van der Waals surface area contributed by atoms with Crippen LogP contribution in [0.1, 0.15) is 99.8 Å². The lowest BCUT2D eigenvalue weighted by molar-refractivity contribution is -0.385. The van der Waals surface area contributed by atoms with Crippen LogP contribution in [0, 0.1) is 11.8 Å². The normalized spacial score (nSPS) is 32.9. The zero-order valence-electron chi connectivity index (χ0n) is 22.2. The minimum absolute atomic E-state index is 0.140. The highest BCUT2D eigenvalue weighted by Gasteiger charge is 2.75. The first-order valence-electron chi connectivity index (χ1n) is 12.9. The number of aliphatic hydroxyl groups excluding tert-OH is 1. The molecular formula is C26H48O8. The number of hydrogen-bond donors (Lipinski definition) is 4. The first kappa shape index (κ1) is 31.1. The summed E-state index contributed by atoms with van der Waals surface area (Å²) in [6.07, 6.45) is 0.756. The van der Waals surface area contributed by atoms with Crippen molar-refractivity contribution >= 4 is 11.6 Å². The Kier molecular flexibility index (Phi) is 11.8. The largest absolute Gasteiger partial charge is 0.386 e. The minimum atomic E-state index is -2.61. The standard InChI is InChI=1S/C26H48O8/c1-8-9-10-11-12-13-14-33-23-26(32,20(7)28)25(31,16-18(4)5)24(30,15-17(2)3)22(34-23)21(29)19(6)27/h17-19,22-23,27,30-32H,8-16H2,1-7H3/t19?,22-,23?,24-,25+,26+/m1/s1. The fraction of sp³-hybridized carbons (Fsp3) is 0.923. The van der Waals surface area contributed by atoms with Gasteiger partial charge in [-0.3, -0.25) is 9.59 Å². The van der Waals surface area contributed by atoms with E-state index in [1.807, 2.05) is 0 Å². The quantitative estimate of drug-likeness (QED) is 0.259. The van der Waals surface area contributed by atoms with Gasteiger partial charge in [0.25, 0.3) is 0 Å². The van der Waals surface area contributed by atoms with Crippen LogP contribution in [-0.2, 0) is 19.1 Å². The zero-order chi connectivity index (χ0) is 26.3. The van der Waals surface area contributed by atoms with Crippen molar-refractivity contribution in [2.45, 2.75) is 135 Å². The molecule has 200 valence electrons. The molecule has 1 aliphatic heterocycles. The number of carbonyl (C=O) groups excluding carboxylic acids is 2. The van der Waals surface area contributed by atoms with Crippen molar-refractivity contribution < 1.29 is 39.5 Å². The lowest BCUT2D eigenvalue weighted by Gasteiger charge is -2.60. The molecule has 1 aliphatic rings. The Hall–Kier alpha value is -0.900. The van der Waals surface area contributed by atoms with Crippen molar-refractivity contribution in [1.82, 2.24) is 0 Å². The van der Waals surface area contributed by atoms with Gasteiger partial charge in [0.15, 0.2) is 24.0 Å². The second kappa shape index (κ2) is 12.9. The molecule has 0 aromatic carbocycles. The van der Waals surface area contributed by atoms with Crippen LogP contribution in [-0.4, -0.2) is 73.9 Å². The highest BCUT2D eigenvalue weighted by molar-refractivity contribution is 5.91. The van der Waals surface area contributed by atoms with Gasteiger partial charge in [0.2, 0.25) is 5.60 Å². The van der Waals surface area contributed by atoms with Crippen molar-refractivity contribution in [3.63, 3.8) is 0 Å². The molecule has 1 rings (SSSR count). The smallest absolute Gasteiger partial charge is 0.205 e. The molecule has 2 unspecified atom stereocenters. The van der Waals surface area contributed by atoms with Gasteiger partial charge in [-0.2, -0.15) is 0 Å². The topological polar surface area (TPSA) is 134 Å². The molecule has 0 amide bonds. The average molecular weight is 489 g/mol. The summed E-state index contributed by atoms with van der Waals surface area (Å²) in [4.78, 5) is 25.9. The number of hydrogen-bond acceptors (Lipinski definition) is 8. The fourth-order valence-corrected chi connectivity index (χ4v) is 5.11. The number of unbranched alkanes of at least 4 members (excludes halogenated alkanes) is 5. The summed E-state index contributed by atoms with van der Waals surface area (Å²) < 4.78 is 11.6. The minimum Gasteiger partial charge on any atom is -0.386 e.